The highest BCUT2D eigenvalue weighted by molar-refractivity contribution is 5.91. The molecular formula is C17H25N3O. The summed E-state index contributed by atoms with van der Waals surface area (Å²) in [7, 11) is 0. The Morgan fingerprint density at radius 1 is 1.24 bits per heavy atom. The lowest BCUT2D eigenvalue weighted by Crippen LogP contribution is -2.48. The summed E-state index contributed by atoms with van der Waals surface area (Å²) in [4.78, 5) is 14.5. The lowest BCUT2D eigenvalue weighted by atomic mass is 9.75. The van der Waals surface area contributed by atoms with Crippen LogP contribution in [-0.4, -0.2) is 29.4 Å². The van der Waals surface area contributed by atoms with Gasteiger partial charge in [-0.3, -0.25) is 9.69 Å². The summed E-state index contributed by atoms with van der Waals surface area (Å²) in [5.74, 6) is 0.0375. The van der Waals surface area contributed by atoms with Gasteiger partial charge in [-0.05, 0) is 62.9 Å². The number of carbonyl (C=O) groups is 1. The van der Waals surface area contributed by atoms with Crippen LogP contribution in [0.3, 0.4) is 0 Å². The van der Waals surface area contributed by atoms with E-state index in [9.17, 15) is 4.79 Å². The number of anilines is 1. The van der Waals surface area contributed by atoms with Crippen molar-refractivity contribution >= 4 is 11.6 Å². The van der Waals surface area contributed by atoms with Crippen LogP contribution in [0.2, 0.25) is 0 Å². The van der Waals surface area contributed by atoms with Crippen LogP contribution in [0.1, 0.15) is 44.1 Å². The minimum Gasteiger partial charge on any atom is -0.326 e. The molecule has 0 bridgehead atoms. The Bertz CT molecular complexity index is 505. The summed E-state index contributed by atoms with van der Waals surface area (Å²) in [6.07, 6.45) is 6.12. The first kappa shape index (κ1) is 14.5. The SMILES string of the molecule is NC1(CC(=O)Nc2cccc(CN3CCCC3)c2)CCC1. The van der Waals surface area contributed by atoms with Crippen LogP contribution < -0.4 is 11.1 Å². The van der Waals surface area contributed by atoms with Crippen LogP contribution in [0.25, 0.3) is 0 Å². The number of nitrogens with zero attached hydrogens (tertiary/aromatic N) is 1. The third kappa shape index (κ3) is 3.83. The Balaban J connectivity index is 1.56. The molecule has 0 spiro atoms. The first-order chi connectivity index (χ1) is 10.1. The van der Waals surface area contributed by atoms with Crippen molar-refractivity contribution < 1.29 is 4.79 Å². The van der Waals surface area contributed by atoms with Crippen molar-refractivity contribution in [3.05, 3.63) is 29.8 Å². The van der Waals surface area contributed by atoms with Crippen molar-refractivity contribution in [3.8, 4) is 0 Å². The summed E-state index contributed by atoms with van der Waals surface area (Å²) < 4.78 is 0. The second-order valence-corrected chi connectivity index (χ2v) is 6.62. The fraction of sp³-hybridized carbons (Fsp3) is 0.588. The highest BCUT2D eigenvalue weighted by Gasteiger charge is 2.34. The third-order valence-electron chi connectivity index (χ3n) is 4.68. The van der Waals surface area contributed by atoms with Crippen LogP contribution in [0.5, 0.6) is 0 Å². The third-order valence-corrected chi connectivity index (χ3v) is 4.68. The molecule has 21 heavy (non-hydrogen) atoms. The fourth-order valence-electron chi connectivity index (χ4n) is 3.28. The van der Waals surface area contributed by atoms with Crippen LogP contribution in [0.15, 0.2) is 24.3 Å². The van der Waals surface area contributed by atoms with E-state index in [0.29, 0.717) is 6.42 Å². The van der Waals surface area contributed by atoms with E-state index in [1.165, 1.54) is 31.5 Å². The molecule has 0 aromatic heterocycles. The Labute approximate surface area is 126 Å². The molecule has 3 rings (SSSR count). The zero-order chi connectivity index (χ0) is 14.7. The number of benzene rings is 1. The van der Waals surface area contributed by atoms with Gasteiger partial charge in [0, 0.05) is 24.2 Å². The molecule has 1 aromatic rings. The summed E-state index contributed by atoms with van der Waals surface area (Å²) in [5, 5.41) is 2.99. The molecule has 3 N–H and O–H groups in total. The summed E-state index contributed by atoms with van der Waals surface area (Å²) >= 11 is 0. The number of carbonyl (C=O) groups excluding carboxylic acids is 1. The van der Waals surface area contributed by atoms with Gasteiger partial charge in [0.2, 0.25) is 5.91 Å². The van der Waals surface area contributed by atoms with E-state index in [-0.39, 0.29) is 11.4 Å². The Morgan fingerprint density at radius 3 is 2.67 bits per heavy atom. The van der Waals surface area contributed by atoms with E-state index in [0.717, 1.165) is 31.5 Å². The number of hydrogen-bond donors (Lipinski definition) is 2. The van der Waals surface area contributed by atoms with Crippen LogP contribution in [0, 0.1) is 0 Å². The maximum atomic E-state index is 12.1. The van der Waals surface area contributed by atoms with Gasteiger partial charge in [0.15, 0.2) is 0 Å². The molecule has 1 amide bonds. The average Bonchev–Trinajstić information content (AvgIpc) is 2.90. The van der Waals surface area contributed by atoms with Gasteiger partial charge in [-0.15, -0.1) is 0 Å². The Morgan fingerprint density at radius 2 is 2.00 bits per heavy atom. The molecule has 0 atom stereocenters. The average molecular weight is 287 g/mol. The van der Waals surface area contributed by atoms with Gasteiger partial charge in [0.05, 0.1) is 0 Å². The number of amides is 1. The Kier molecular flexibility index (Phi) is 4.27. The molecule has 4 nitrogen and oxygen atoms in total. The zero-order valence-electron chi connectivity index (χ0n) is 12.6. The van der Waals surface area contributed by atoms with E-state index < -0.39 is 0 Å². The lowest BCUT2D eigenvalue weighted by molar-refractivity contribution is -0.118. The van der Waals surface area contributed by atoms with Gasteiger partial charge in [-0.2, -0.15) is 0 Å². The van der Waals surface area contributed by atoms with E-state index in [1.807, 2.05) is 12.1 Å². The number of hydrogen-bond acceptors (Lipinski definition) is 3. The largest absolute Gasteiger partial charge is 0.326 e. The normalized spacial score (nSPS) is 21.0. The monoisotopic (exact) mass is 287 g/mol. The van der Waals surface area contributed by atoms with Crippen molar-refractivity contribution in [2.75, 3.05) is 18.4 Å². The van der Waals surface area contributed by atoms with Crippen LogP contribution >= 0.6 is 0 Å². The van der Waals surface area contributed by atoms with Gasteiger partial charge in [-0.25, -0.2) is 0 Å². The van der Waals surface area contributed by atoms with Crippen molar-refractivity contribution in [2.45, 2.75) is 50.6 Å². The molecule has 1 heterocycles. The van der Waals surface area contributed by atoms with Crippen molar-refractivity contribution in [2.24, 2.45) is 5.73 Å². The smallest absolute Gasteiger partial charge is 0.226 e. The minimum atomic E-state index is -0.253. The predicted octanol–water partition coefficient (Wildman–Crippen LogP) is 2.49. The Hall–Kier alpha value is -1.39. The molecule has 2 aliphatic rings. The number of nitrogens with two attached hydrogens (primary N) is 1. The molecule has 1 aliphatic carbocycles. The molecule has 1 aromatic carbocycles. The van der Waals surface area contributed by atoms with Crippen molar-refractivity contribution in [1.82, 2.24) is 4.90 Å². The highest BCUT2D eigenvalue weighted by Crippen LogP contribution is 2.32. The maximum Gasteiger partial charge on any atom is 0.226 e. The summed E-state index contributed by atoms with van der Waals surface area (Å²) in [6, 6.07) is 8.18. The molecule has 114 valence electrons. The predicted molar refractivity (Wildman–Crippen MR) is 85.0 cm³/mol. The standard InChI is InChI=1S/C17H25N3O/c18-17(7-4-8-17)12-16(21)19-15-6-3-5-14(11-15)13-20-9-1-2-10-20/h3,5-6,11H,1-2,4,7-10,12-13,18H2,(H,19,21). The van der Waals surface area contributed by atoms with Gasteiger partial charge in [0.1, 0.15) is 0 Å². The lowest BCUT2D eigenvalue weighted by Gasteiger charge is -2.37. The summed E-state index contributed by atoms with van der Waals surface area (Å²) in [5.41, 5.74) is 8.03. The molecule has 0 radical (unpaired) electrons. The number of nitrogens with one attached hydrogen (secondary N) is 1. The fourth-order valence-corrected chi connectivity index (χ4v) is 3.28. The first-order valence-electron chi connectivity index (χ1n) is 8.03. The maximum absolute atomic E-state index is 12.1. The van der Waals surface area contributed by atoms with E-state index in [2.05, 4.69) is 22.3 Å². The topological polar surface area (TPSA) is 58.4 Å². The molecule has 4 heteroatoms. The molecule has 1 saturated carbocycles. The zero-order valence-corrected chi connectivity index (χ0v) is 12.6. The minimum absolute atomic E-state index is 0.0375. The molecule has 0 unspecified atom stereocenters. The van der Waals surface area contributed by atoms with E-state index in [1.54, 1.807) is 0 Å². The summed E-state index contributed by atoms with van der Waals surface area (Å²) in [6.45, 7) is 3.35. The van der Waals surface area contributed by atoms with Crippen LogP contribution in [0.4, 0.5) is 5.69 Å². The first-order valence-corrected chi connectivity index (χ1v) is 8.03. The molecule has 1 saturated heterocycles. The second kappa shape index (κ2) is 6.16. The molecule has 2 fully saturated rings. The second-order valence-electron chi connectivity index (χ2n) is 6.62. The molecular weight excluding hydrogens is 262 g/mol. The number of likely N-dealkylation sites (tertiary alicyclic amines) is 1. The van der Waals surface area contributed by atoms with Crippen molar-refractivity contribution in [1.29, 1.82) is 0 Å². The molecule has 1 aliphatic heterocycles. The highest BCUT2D eigenvalue weighted by atomic mass is 16.1. The van der Waals surface area contributed by atoms with Gasteiger partial charge in [0.25, 0.3) is 0 Å². The van der Waals surface area contributed by atoms with E-state index in [4.69, 9.17) is 5.73 Å². The number of rotatable bonds is 5. The van der Waals surface area contributed by atoms with Crippen molar-refractivity contribution in [3.63, 3.8) is 0 Å². The van der Waals surface area contributed by atoms with Gasteiger partial charge >= 0.3 is 0 Å². The quantitative estimate of drug-likeness (QED) is 0.875. The van der Waals surface area contributed by atoms with Gasteiger partial charge in [-0.1, -0.05) is 12.1 Å². The van der Waals surface area contributed by atoms with Gasteiger partial charge < -0.3 is 11.1 Å². The van der Waals surface area contributed by atoms with Crippen LogP contribution in [-0.2, 0) is 11.3 Å². The van der Waals surface area contributed by atoms with E-state index >= 15 is 0 Å².